The van der Waals surface area contributed by atoms with Crippen LogP contribution in [-0.4, -0.2) is 51.3 Å². The number of allylic oxidation sites excluding steroid dienone is 3. The normalized spacial score (nSPS) is 21.3. The maximum absolute atomic E-state index is 12.9. The van der Waals surface area contributed by atoms with Crippen LogP contribution in [0.3, 0.4) is 0 Å². The van der Waals surface area contributed by atoms with Gasteiger partial charge in [0.25, 0.3) is 0 Å². The van der Waals surface area contributed by atoms with Gasteiger partial charge in [0, 0.05) is 17.4 Å². The third kappa shape index (κ3) is 8.30. The highest BCUT2D eigenvalue weighted by atomic mass is 32.2. The van der Waals surface area contributed by atoms with E-state index >= 15 is 0 Å². The first-order chi connectivity index (χ1) is 14.9. The van der Waals surface area contributed by atoms with E-state index in [1.807, 2.05) is 44.2 Å². The van der Waals surface area contributed by atoms with Crippen molar-refractivity contribution in [3.8, 4) is 5.75 Å². The fourth-order valence-electron chi connectivity index (χ4n) is 3.34. The molecule has 2 unspecified atom stereocenters. The predicted molar refractivity (Wildman–Crippen MR) is 126 cm³/mol. The van der Waals surface area contributed by atoms with Gasteiger partial charge in [-0.15, -0.1) is 11.8 Å². The molecule has 170 valence electrons. The van der Waals surface area contributed by atoms with Crippen LogP contribution in [0.15, 0.2) is 65.1 Å². The molecule has 0 bridgehead atoms. The summed E-state index contributed by atoms with van der Waals surface area (Å²) < 4.78 is 5.71. The zero-order chi connectivity index (χ0) is 22.7. The number of aliphatic hydroxyl groups excluding tert-OH is 2. The van der Waals surface area contributed by atoms with Gasteiger partial charge < -0.3 is 20.1 Å². The van der Waals surface area contributed by atoms with Crippen molar-refractivity contribution in [2.24, 2.45) is 0 Å². The minimum absolute atomic E-state index is 0.0257. The van der Waals surface area contributed by atoms with Gasteiger partial charge in [0.05, 0.1) is 17.6 Å². The van der Waals surface area contributed by atoms with Gasteiger partial charge in [-0.1, -0.05) is 50.3 Å². The molecule has 0 saturated carbocycles. The first-order valence-corrected chi connectivity index (χ1v) is 11.8. The Labute approximate surface area is 189 Å². The Hall–Kier alpha value is -1.86. The number of carbonyl (C=O) groups excluding carboxylic acids is 1. The molecule has 0 radical (unpaired) electrons. The van der Waals surface area contributed by atoms with Crippen LogP contribution in [0.1, 0.15) is 46.0 Å². The average Bonchev–Trinajstić information content (AvgIpc) is 2.96. The van der Waals surface area contributed by atoms with E-state index in [0.717, 1.165) is 12.2 Å². The molecule has 0 spiro atoms. The third-order valence-electron chi connectivity index (χ3n) is 4.89. The first-order valence-electron chi connectivity index (χ1n) is 10.9. The average molecular weight is 447 g/mol. The summed E-state index contributed by atoms with van der Waals surface area (Å²) in [5.41, 5.74) is -0.980. The van der Waals surface area contributed by atoms with E-state index in [9.17, 15) is 15.0 Å². The minimum atomic E-state index is -1.32. The van der Waals surface area contributed by atoms with Crippen molar-refractivity contribution < 1.29 is 24.9 Å². The van der Waals surface area contributed by atoms with Crippen LogP contribution in [-0.2, 0) is 4.79 Å². The highest BCUT2D eigenvalue weighted by Gasteiger charge is 2.41. The molecule has 31 heavy (non-hydrogen) atoms. The van der Waals surface area contributed by atoms with Crippen LogP contribution in [0.5, 0.6) is 5.75 Å². The van der Waals surface area contributed by atoms with Crippen molar-refractivity contribution in [1.82, 2.24) is 0 Å². The quantitative estimate of drug-likeness (QED) is 0.311. The Bertz CT molecular complexity index is 784. The molecule has 1 aliphatic rings. The van der Waals surface area contributed by atoms with E-state index < -0.39 is 11.7 Å². The Morgan fingerprint density at radius 2 is 1.90 bits per heavy atom. The van der Waals surface area contributed by atoms with Crippen LogP contribution in [0.4, 0.5) is 0 Å². The fourth-order valence-corrected chi connectivity index (χ4v) is 4.33. The third-order valence-corrected chi connectivity index (χ3v) is 5.91. The van der Waals surface area contributed by atoms with Crippen LogP contribution >= 0.6 is 11.8 Å². The number of Topliss-reactive ketones (excluding diaryl/α,β-unsaturated/α-hetero) is 1. The smallest absolute Gasteiger partial charge is 0.198 e. The topological polar surface area (TPSA) is 87.0 Å². The molecule has 0 fully saturated rings. The van der Waals surface area contributed by atoms with Gasteiger partial charge in [0.1, 0.15) is 11.4 Å². The Morgan fingerprint density at radius 1 is 1.16 bits per heavy atom. The number of ether oxygens (including phenoxy) is 1. The number of hydrogen-bond acceptors (Lipinski definition) is 6. The number of ketones is 1. The molecule has 0 aliphatic heterocycles. The Balaban J connectivity index is 2.01. The minimum Gasteiger partial charge on any atom is -0.494 e. The van der Waals surface area contributed by atoms with Crippen molar-refractivity contribution in [2.75, 3.05) is 13.2 Å². The van der Waals surface area contributed by atoms with Gasteiger partial charge in [0.2, 0.25) is 0 Å². The molecular weight excluding hydrogens is 412 g/mol. The molecular formula is C25H34O5S. The van der Waals surface area contributed by atoms with Crippen molar-refractivity contribution in [3.05, 3.63) is 65.1 Å². The monoisotopic (exact) mass is 446 g/mol. The molecule has 1 aliphatic carbocycles. The molecule has 0 amide bonds. The number of hydrogen-bond donors (Lipinski definition) is 3. The Kier molecular flexibility index (Phi) is 10.5. The zero-order valence-electron chi connectivity index (χ0n) is 18.4. The van der Waals surface area contributed by atoms with Crippen molar-refractivity contribution in [1.29, 1.82) is 0 Å². The van der Waals surface area contributed by atoms with E-state index in [2.05, 4.69) is 0 Å². The molecule has 2 atom stereocenters. The van der Waals surface area contributed by atoms with E-state index in [-0.39, 0.29) is 17.6 Å². The molecule has 1 aromatic carbocycles. The van der Waals surface area contributed by atoms with Gasteiger partial charge in [-0.05, 0) is 50.3 Å². The van der Waals surface area contributed by atoms with Gasteiger partial charge in [-0.2, -0.15) is 0 Å². The number of benzene rings is 1. The van der Waals surface area contributed by atoms with Crippen LogP contribution in [0.2, 0.25) is 0 Å². The fraction of sp³-hybridized carbons (Fsp3) is 0.480. The predicted octanol–water partition coefficient (Wildman–Crippen LogP) is 4.19. The van der Waals surface area contributed by atoms with Gasteiger partial charge in [-0.3, -0.25) is 4.79 Å². The lowest BCUT2D eigenvalue weighted by Gasteiger charge is -2.22. The molecule has 0 heterocycles. The van der Waals surface area contributed by atoms with E-state index in [0.29, 0.717) is 42.8 Å². The standard InChI is InChI=1S/C25H34O5S/c1-19(2)31-23-18-25(29,15-6-7-17-30-21-12-4-3-5-13-21)22(24(23)28)14-8-10-20(27)11-9-16-26/h3-5,8,10,12-14,18-20,26-27,29H,6-7,9,11,15-17H2,1-2H3/b10-8+,22-14-. The van der Waals surface area contributed by atoms with Crippen LogP contribution < -0.4 is 4.74 Å². The lowest BCUT2D eigenvalue weighted by molar-refractivity contribution is -0.112. The number of unbranched alkanes of at least 4 members (excludes halogenated alkanes) is 1. The van der Waals surface area contributed by atoms with Gasteiger partial charge >= 0.3 is 0 Å². The Morgan fingerprint density at radius 3 is 2.58 bits per heavy atom. The SMILES string of the molecule is CC(C)SC1=CC(O)(CCCCOc2ccccc2)/C(=C\C=C\C(O)CCCO)C1=O. The highest BCUT2D eigenvalue weighted by molar-refractivity contribution is 8.04. The summed E-state index contributed by atoms with van der Waals surface area (Å²) in [5.74, 6) is 0.662. The molecule has 0 aromatic heterocycles. The molecule has 0 saturated heterocycles. The highest BCUT2D eigenvalue weighted by Crippen LogP contribution is 2.40. The van der Waals surface area contributed by atoms with Crippen LogP contribution in [0, 0.1) is 0 Å². The second-order valence-electron chi connectivity index (χ2n) is 7.95. The molecule has 3 N–H and O–H groups in total. The number of aliphatic hydroxyl groups is 3. The van der Waals surface area contributed by atoms with Crippen molar-refractivity contribution in [3.63, 3.8) is 0 Å². The second-order valence-corrected chi connectivity index (χ2v) is 9.56. The first kappa shape index (κ1) is 25.4. The summed E-state index contributed by atoms with van der Waals surface area (Å²) in [6, 6.07) is 9.60. The molecule has 1 aromatic rings. The summed E-state index contributed by atoms with van der Waals surface area (Å²) in [7, 11) is 0. The van der Waals surface area contributed by atoms with Crippen LogP contribution in [0.25, 0.3) is 0 Å². The zero-order valence-corrected chi connectivity index (χ0v) is 19.2. The maximum Gasteiger partial charge on any atom is 0.198 e. The summed E-state index contributed by atoms with van der Waals surface area (Å²) >= 11 is 1.45. The summed E-state index contributed by atoms with van der Waals surface area (Å²) in [6.07, 6.45) is 8.63. The molecule has 6 heteroatoms. The van der Waals surface area contributed by atoms with Crippen molar-refractivity contribution in [2.45, 2.75) is 62.9 Å². The molecule has 2 rings (SSSR count). The van der Waals surface area contributed by atoms with E-state index in [4.69, 9.17) is 9.84 Å². The van der Waals surface area contributed by atoms with Gasteiger partial charge in [-0.25, -0.2) is 0 Å². The number of thioether (sulfide) groups is 1. The molecule has 5 nitrogen and oxygen atoms in total. The second kappa shape index (κ2) is 12.9. The number of carbonyl (C=O) groups is 1. The van der Waals surface area contributed by atoms with E-state index in [1.165, 1.54) is 11.8 Å². The summed E-state index contributed by atoms with van der Waals surface area (Å²) in [6.45, 7) is 4.59. The number of rotatable bonds is 13. The van der Waals surface area contributed by atoms with Crippen molar-refractivity contribution >= 4 is 17.5 Å². The largest absolute Gasteiger partial charge is 0.494 e. The summed E-state index contributed by atoms with van der Waals surface area (Å²) in [5, 5.41) is 30.3. The maximum atomic E-state index is 12.9. The van der Waals surface area contributed by atoms with Gasteiger partial charge in [0.15, 0.2) is 5.78 Å². The lowest BCUT2D eigenvalue weighted by atomic mass is 9.90. The number of para-hydroxylation sites is 1. The lowest BCUT2D eigenvalue weighted by Crippen LogP contribution is -2.28. The summed E-state index contributed by atoms with van der Waals surface area (Å²) in [4.78, 5) is 13.5. The van der Waals surface area contributed by atoms with E-state index in [1.54, 1.807) is 24.3 Å².